The topological polar surface area (TPSA) is 63.7 Å². The zero-order chi connectivity index (χ0) is 18.7. The largest absolute Gasteiger partial charge is 0.365 e. The third-order valence-corrected chi connectivity index (χ3v) is 6.63. The molecule has 1 saturated heterocycles. The summed E-state index contributed by atoms with van der Waals surface area (Å²) in [5.74, 6) is -0.128. The van der Waals surface area contributed by atoms with Gasteiger partial charge in [0.2, 0.25) is 15.7 Å². The molecule has 7 heteroatoms. The molecule has 5 nitrogen and oxygen atoms in total. The number of sulfone groups is 1. The number of likely N-dealkylation sites (tertiary alicyclic amines) is 1. The standard InChI is InChI=1S/C18H26BrNO4S/c1-14(2)17(21)20-10-8-18(3,9-11-20)12-24-13-25(22,23)16-6-4-15(19)5-7-16/h4-7,14H,8-13H2,1-3H3. The van der Waals surface area contributed by atoms with Crippen LogP contribution in [0.15, 0.2) is 33.6 Å². The van der Waals surface area contributed by atoms with Crippen LogP contribution in [-0.4, -0.2) is 44.9 Å². The number of nitrogens with zero attached hydrogens (tertiary/aromatic N) is 1. The molecule has 140 valence electrons. The minimum absolute atomic E-state index is 0.0108. The van der Waals surface area contributed by atoms with E-state index >= 15 is 0 Å². The van der Waals surface area contributed by atoms with Crippen molar-refractivity contribution < 1.29 is 17.9 Å². The van der Waals surface area contributed by atoms with Crippen molar-refractivity contribution in [3.05, 3.63) is 28.7 Å². The van der Waals surface area contributed by atoms with E-state index in [4.69, 9.17) is 4.74 Å². The van der Waals surface area contributed by atoms with Crippen LogP contribution >= 0.6 is 15.9 Å². The molecule has 25 heavy (non-hydrogen) atoms. The van der Waals surface area contributed by atoms with Gasteiger partial charge in [-0.2, -0.15) is 0 Å². The van der Waals surface area contributed by atoms with Gasteiger partial charge in [-0.05, 0) is 42.5 Å². The monoisotopic (exact) mass is 431 g/mol. The zero-order valence-electron chi connectivity index (χ0n) is 15.0. The summed E-state index contributed by atoms with van der Waals surface area (Å²) in [6, 6.07) is 6.55. The van der Waals surface area contributed by atoms with Gasteiger partial charge >= 0.3 is 0 Å². The van der Waals surface area contributed by atoms with Crippen LogP contribution in [0.2, 0.25) is 0 Å². The first-order valence-corrected chi connectivity index (χ1v) is 10.9. The fraction of sp³-hybridized carbons (Fsp3) is 0.611. The summed E-state index contributed by atoms with van der Waals surface area (Å²) >= 11 is 3.29. The van der Waals surface area contributed by atoms with Crippen molar-refractivity contribution in [1.29, 1.82) is 0 Å². The molecule has 0 atom stereocenters. The van der Waals surface area contributed by atoms with E-state index < -0.39 is 9.84 Å². The average molecular weight is 432 g/mol. The van der Waals surface area contributed by atoms with Crippen molar-refractivity contribution in [3.8, 4) is 0 Å². The maximum absolute atomic E-state index is 12.3. The molecule has 1 amide bonds. The number of carbonyl (C=O) groups is 1. The van der Waals surface area contributed by atoms with Crippen LogP contribution < -0.4 is 0 Å². The van der Waals surface area contributed by atoms with Gasteiger partial charge in [0.05, 0.1) is 11.5 Å². The Bertz CT molecular complexity index is 692. The number of hydrogen-bond acceptors (Lipinski definition) is 4. The van der Waals surface area contributed by atoms with E-state index in [1.165, 1.54) is 0 Å². The Hall–Kier alpha value is -0.920. The summed E-state index contributed by atoms with van der Waals surface area (Å²) < 4.78 is 31.0. The molecule has 1 aromatic carbocycles. The Labute approximate surface area is 158 Å². The predicted octanol–water partition coefficient (Wildman–Crippen LogP) is 3.48. The SMILES string of the molecule is CC(C)C(=O)N1CCC(C)(COCS(=O)(=O)c2ccc(Br)cc2)CC1. The number of amides is 1. The molecule has 2 rings (SSSR count). The Morgan fingerprint density at radius 1 is 1.24 bits per heavy atom. The summed E-state index contributed by atoms with van der Waals surface area (Å²) in [7, 11) is -3.45. The lowest BCUT2D eigenvalue weighted by atomic mass is 9.81. The summed E-state index contributed by atoms with van der Waals surface area (Å²) in [5.41, 5.74) is -0.0943. The fourth-order valence-corrected chi connectivity index (χ4v) is 4.14. The second-order valence-electron chi connectivity index (χ2n) is 7.33. The summed E-state index contributed by atoms with van der Waals surface area (Å²) in [6.07, 6.45) is 1.65. The molecule has 1 heterocycles. The van der Waals surface area contributed by atoms with E-state index in [0.717, 1.165) is 17.3 Å². The molecule has 0 bridgehead atoms. The van der Waals surface area contributed by atoms with E-state index in [1.807, 2.05) is 18.7 Å². The smallest absolute Gasteiger partial charge is 0.225 e. The lowest BCUT2D eigenvalue weighted by Gasteiger charge is -2.39. The number of ether oxygens (including phenoxy) is 1. The summed E-state index contributed by atoms with van der Waals surface area (Å²) in [4.78, 5) is 14.2. The number of hydrogen-bond donors (Lipinski definition) is 0. The van der Waals surface area contributed by atoms with Crippen molar-refractivity contribution in [3.63, 3.8) is 0 Å². The highest BCUT2D eigenvalue weighted by molar-refractivity contribution is 9.10. The average Bonchev–Trinajstić information content (AvgIpc) is 2.55. The number of halogens is 1. The number of rotatable bonds is 6. The lowest BCUT2D eigenvalue weighted by Crippen LogP contribution is -2.45. The second kappa shape index (κ2) is 8.18. The number of piperidine rings is 1. The Balaban J connectivity index is 1.85. The van der Waals surface area contributed by atoms with Crippen LogP contribution in [0.5, 0.6) is 0 Å². The van der Waals surface area contributed by atoms with Gasteiger partial charge in [0.15, 0.2) is 5.94 Å². The highest BCUT2D eigenvalue weighted by Gasteiger charge is 2.33. The second-order valence-corrected chi connectivity index (χ2v) is 10.2. The fourth-order valence-electron chi connectivity index (χ4n) is 2.88. The van der Waals surface area contributed by atoms with Crippen molar-refractivity contribution in [2.75, 3.05) is 25.6 Å². The minimum atomic E-state index is -3.45. The molecule has 1 aliphatic rings. The Morgan fingerprint density at radius 2 is 1.80 bits per heavy atom. The van der Waals surface area contributed by atoms with Crippen molar-refractivity contribution in [2.24, 2.45) is 11.3 Å². The maximum atomic E-state index is 12.3. The molecule has 0 aliphatic carbocycles. The third kappa shape index (κ3) is 5.53. The maximum Gasteiger partial charge on any atom is 0.225 e. The molecule has 0 N–H and O–H groups in total. The first kappa shape index (κ1) is 20.4. The van der Waals surface area contributed by atoms with Gasteiger partial charge in [0, 0.05) is 23.5 Å². The van der Waals surface area contributed by atoms with Gasteiger partial charge in [-0.25, -0.2) is 8.42 Å². The molecular formula is C18H26BrNO4S. The molecule has 0 radical (unpaired) electrons. The molecule has 1 fully saturated rings. The predicted molar refractivity (Wildman–Crippen MR) is 101 cm³/mol. The number of carbonyl (C=O) groups excluding carboxylic acids is 1. The van der Waals surface area contributed by atoms with Crippen LogP contribution in [0.3, 0.4) is 0 Å². The van der Waals surface area contributed by atoms with Crippen LogP contribution in [0.1, 0.15) is 33.6 Å². The third-order valence-electron chi connectivity index (χ3n) is 4.64. The van der Waals surface area contributed by atoms with E-state index in [-0.39, 0.29) is 28.1 Å². The summed E-state index contributed by atoms with van der Waals surface area (Å²) in [6.45, 7) is 7.70. The quantitative estimate of drug-likeness (QED) is 0.691. The molecule has 1 aromatic rings. The first-order chi connectivity index (χ1) is 11.6. The highest BCUT2D eigenvalue weighted by Crippen LogP contribution is 2.32. The molecule has 0 spiro atoms. The van der Waals surface area contributed by atoms with E-state index in [1.54, 1.807) is 24.3 Å². The van der Waals surface area contributed by atoms with Gasteiger partial charge in [-0.15, -0.1) is 0 Å². The van der Waals surface area contributed by atoms with Crippen molar-refractivity contribution >= 4 is 31.7 Å². The van der Waals surface area contributed by atoms with Gasteiger partial charge in [0.25, 0.3) is 0 Å². The Morgan fingerprint density at radius 3 is 2.32 bits per heavy atom. The minimum Gasteiger partial charge on any atom is -0.365 e. The molecule has 0 saturated carbocycles. The van der Waals surface area contributed by atoms with Gasteiger partial charge in [0.1, 0.15) is 0 Å². The molecule has 1 aliphatic heterocycles. The van der Waals surface area contributed by atoms with Crippen LogP contribution in [0.4, 0.5) is 0 Å². The van der Waals surface area contributed by atoms with E-state index in [9.17, 15) is 13.2 Å². The van der Waals surface area contributed by atoms with Gasteiger partial charge < -0.3 is 9.64 Å². The van der Waals surface area contributed by atoms with Gasteiger partial charge in [-0.3, -0.25) is 4.79 Å². The first-order valence-electron chi connectivity index (χ1n) is 8.48. The highest BCUT2D eigenvalue weighted by atomic mass is 79.9. The molecule has 0 unspecified atom stereocenters. The number of benzene rings is 1. The Kier molecular flexibility index (Phi) is 6.68. The molecule has 0 aromatic heterocycles. The van der Waals surface area contributed by atoms with E-state index in [2.05, 4.69) is 22.9 Å². The van der Waals surface area contributed by atoms with Crippen LogP contribution in [-0.2, 0) is 19.4 Å². The van der Waals surface area contributed by atoms with Crippen LogP contribution in [0.25, 0.3) is 0 Å². The zero-order valence-corrected chi connectivity index (χ0v) is 17.4. The lowest BCUT2D eigenvalue weighted by molar-refractivity contribution is -0.137. The van der Waals surface area contributed by atoms with Gasteiger partial charge in [-0.1, -0.05) is 36.7 Å². The van der Waals surface area contributed by atoms with Crippen molar-refractivity contribution in [1.82, 2.24) is 4.90 Å². The van der Waals surface area contributed by atoms with E-state index in [0.29, 0.717) is 19.7 Å². The molecular weight excluding hydrogens is 406 g/mol. The summed E-state index contributed by atoms with van der Waals surface area (Å²) in [5, 5.41) is 0. The van der Waals surface area contributed by atoms with Crippen molar-refractivity contribution in [2.45, 2.75) is 38.5 Å². The van der Waals surface area contributed by atoms with Crippen LogP contribution in [0, 0.1) is 11.3 Å². The normalized spacial score (nSPS) is 17.7.